The van der Waals surface area contributed by atoms with Crippen LogP contribution in [0.15, 0.2) is 23.5 Å². The molecular formula is C15H22N4O2. The molecule has 6 nitrogen and oxygen atoms in total. The summed E-state index contributed by atoms with van der Waals surface area (Å²) in [6.45, 7) is 4.49. The second-order valence-electron chi connectivity index (χ2n) is 5.86. The highest BCUT2D eigenvalue weighted by atomic mass is 16.4. The van der Waals surface area contributed by atoms with Gasteiger partial charge in [-0.25, -0.2) is 0 Å². The summed E-state index contributed by atoms with van der Waals surface area (Å²) in [5, 5.41) is 14.5. The maximum atomic E-state index is 12.2. The first-order valence-corrected chi connectivity index (χ1v) is 7.26. The van der Waals surface area contributed by atoms with E-state index in [0.717, 1.165) is 25.2 Å². The Kier molecular flexibility index (Phi) is 4.77. The van der Waals surface area contributed by atoms with Crippen LogP contribution in [-0.4, -0.2) is 28.0 Å². The number of nitrogens with zero attached hydrogens (tertiary/aromatic N) is 2. The summed E-state index contributed by atoms with van der Waals surface area (Å²) in [4.78, 5) is 16.2. The summed E-state index contributed by atoms with van der Waals surface area (Å²) in [6, 6.07) is 3.41. The highest BCUT2D eigenvalue weighted by molar-refractivity contribution is 5.98. The molecule has 4 N–H and O–H groups in total. The largest absolute Gasteiger partial charge is 0.409 e. The number of hydrogen-bond donors (Lipinski definition) is 3. The Bertz CT molecular complexity index is 527. The zero-order valence-electron chi connectivity index (χ0n) is 12.4. The maximum absolute atomic E-state index is 12.2. The molecule has 0 spiro atoms. The van der Waals surface area contributed by atoms with Gasteiger partial charge in [0.15, 0.2) is 5.84 Å². The van der Waals surface area contributed by atoms with Crippen LogP contribution >= 0.6 is 0 Å². The number of nitrogens with one attached hydrogen (secondary N) is 1. The molecule has 1 heterocycles. The monoisotopic (exact) mass is 290 g/mol. The van der Waals surface area contributed by atoms with Crippen LogP contribution < -0.4 is 11.1 Å². The minimum Gasteiger partial charge on any atom is -0.409 e. The number of amides is 1. The Morgan fingerprint density at radius 1 is 1.38 bits per heavy atom. The van der Waals surface area contributed by atoms with E-state index >= 15 is 0 Å². The van der Waals surface area contributed by atoms with E-state index in [4.69, 9.17) is 10.9 Å². The number of carbonyl (C=O) groups excluding carboxylic acids is 1. The van der Waals surface area contributed by atoms with Crippen LogP contribution in [0, 0.1) is 11.8 Å². The molecule has 1 aromatic heterocycles. The van der Waals surface area contributed by atoms with Crippen molar-refractivity contribution in [1.82, 2.24) is 10.3 Å². The highest BCUT2D eigenvalue weighted by Crippen LogP contribution is 2.29. The van der Waals surface area contributed by atoms with Crippen molar-refractivity contribution in [3.05, 3.63) is 29.6 Å². The molecule has 6 heteroatoms. The van der Waals surface area contributed by atoms with Crippen molar-refractivity contribution in [2.24, 2.45) is 22.7 Å². The molecule has 1 aromatic rings. The van der Waals surface area contributed by atoms with Crippen molar-refractivity contribution in [3.8, 4) is 0 Å². The van der Waals surface area contributed by atoms with E-state index in [1.165, 1.54) is 6.20 Å². The van der Waals surface area contributed by atoms with Crippen LogP contribution in [0.1, 0.15) is 49.2 Å². The molecule has 1 saturated carbocycles. The minimum absolute atomic E-state index is 0.0236. The number of amidine groups is 1. The van der Waals surface area contributed by atoms with Crippen LogP contribution in [0.4, 0.5) is 0 Å². The minimum atomic E-state index is -0.173. The molecule has 21 heavy (non-hydrogen) atoms. The molecule has 2 rings (SSSR count). The van der Waals surface area contributed by atoms with Crippen molar-refractivity contribution < 1.29 is 10.0 Å². The average Bonchev–Trinajstić information content (AvgIpc) is 2.50. The SMILES string of the molecule is CC1CCC(NC(=O)c2ccc(C(N)=NO)cn2)CC1C. The Hall–Kier alpha value is -2.11. The van der Waals surface area contributed by atoms with Gasteiger partial charge in [0.05, 0.1) is 0 Å². The first-order valence-electron chi connectivity index (χ1n) is 7.26. The number of oxime groups is 1. The molecule has 0 saturated heterocycles. The van der Waals surface area contributed by atoms with Gasteiger partial charge in [0.25, 0.3) is 5.91 Å². The van der Waals surface area contributed by atoms with Gasteiger partial charge in [0.1, 0.15) is 5.69 Å². The van der Waals surface area contributed by atoms with Crippen molar-refractivity contribution >= 4 is 11.7 Å². The lowest BCUT2D eigenvalue weighted by Crippen LogP contribution is -2.40. The molecule has 0 aliphatic heterocycles. The lowest BCUT2D eigenvalue weighted by Gasteiger charge is -2.32. The summed E-state index contributed by atoms with van der Waals surface area (Å²) in [5.41, 5.74) is 6.28. The van der Waals surface area contributed by atoms with Gasteiger partial charge in [-0.3, -0.25) is 9.78 Å². The first kappa shape index (κ1) is 15.3. The Morgan fingerprint density at radius 2 is 2.14 bits per heavy atom. The molecule has 3 unspecified atom stereocenters. The van der Waals surface area contributed by atoms with Gasteiger partial charge < -0.3 is 16.3 Å². The topological polar surface area (TPSA) is 101 Å². The fourth-order valence-corrected chi connectivity index (χ4v) is 2.68. The number of carbonyl (C=O) groups is 1. The molecule has 114 valence electrons. The van der Waals surface area contributed by atoms with E-state index in [1.807, 2.05) is 0 Å². The predicted molar refractivity (Wildman–Crippen MR) is 80.2 cm³/mol. The zero-order valence-corrected chi connectivity index (χ0v) is 12.4. The summed E-state index contributed by atoms with van der Waals surface area (Å²) >= 11 is 0. The van der Waals surface area contributed by atoms with E-state index < -0.39 is 0 Å². The number of rotatable bonds is 3. The van der Waals surface area contributed by atoms with Gasteiger partial charge in [-0.15, -0.1) is 0 Å². The van der Waals surface area contributed by atoms with E-state index in [1.54, 1.807) is 12.1 Å². The van der Waals surface area contributed by atoms with Crippen molar-refractivity contribution in [3.63, 3.8) is 0 Å². The quantitative estimate of drug-likeness (QED) is 0.341. The number of aromatic nitrogens is 1. The molecule has 1 aliphatic rings. The zero-order chi connectivity index (χ0) is 15.4. The van der Waals surface area contributed by atoms with Gasteiger partial charge in [0, 0.05) is 17.8 Å². The molecular weight excluding hydrogens is 268 g/mol. The van der Waals surface area contributed by atoms with E-state index in [-0.39, 0.29) is 17.8 Å². The summed E-state index contributed by atoms with van der Waals surface area (Å²) in [7, 11) is 0. The fourth-order valence-electron chi connectivity index (χ4n) is 2.68. The third kappa shape index (κ3) is 3.71. The highest BCUT2D eigenvalue weighted by Gasteiger charge is 2.26. The Morgan fingerprint density at radius 3 is 2.71 bits per heavy atom. The standard InChI is InChI=1S/C15H22N4O2/c1-9-3-5-12(7-10(9)2)18-15(20)13-6-4-11(8-17-13)14(16)19-21/h4,6,8-10,12,21H,3,5,7H2,1-2H3,(H2,16,19)(H,18,20). The van der Waals surface area contributed by atoms with Crippen LogP contribution in [-0.2, 0) is 0 Å². The van der Waals surface area contributed by atoms with Gasteiger partial charge >= 0.3 is 0 Å². The van der Waals surface area contributed by atoms with Crippen LogP contribution in [0.25, 0.3) is 0 Å². The van der Waals surface area contributed by atoms with Gasteiger partial charge in [-0.05, 0) is 43.2 Å². The number of pyridine rings is 1. The Labute approximate surface area is 124 Å². The summed E-state index contributed by atoms with van der Waals surface area (Å²) in [6.07, 6.45) is 4.59. The molecule has 1 amide bonds. The van der Waals surface area contributed by atoms with Crippen LogP contribution in [0.3, 0.4) is 0 Å². The second kappa shape index (κ2) is 6.56. The van der Waals surface area contributed by atoms with E-state index in [9.17, 15) is 4.79 Å². The van der Waals surface area contributed by atoms with Gasteiger partial charge in [-0.1, -0.05) is 19.0 Å². The molecule has 1 fully saturated rings. The van der Waals surface area contributed by atoms with E-state index in [2.05, 4.69) is 29.3 Å². The van der Waals surface area contributed by atoms with Gasteiger partial charge in [-0.2, -0.15) is 0 Å². The third-order valence-corrected chi connectivity index (χ3v) is 4.33. The predicted octanol–water partition coefficient (Wildman–Crippen LogP) is 1.73. The van der Waals surface area contributed by atoms with Gasteiger partial charge in [0.2, 0.25) is 0 Å². The third-order valence-electron chi connectivity index (χ3n) is 4.33. The first-order chi connectivity index (χ1) is 10.0. The number of hydrogen-bond acceptors (Lipinski definition) is 4. The van der Waals surface area contributed by atoms with Crippen LogP contribution in [0.5, 0.6) is 0 Å². The fraction of sp³-hybridized carbons (Fsp3) is 0.533. The smallest absolute Gasteiger partial charge is 0.270 e. The van der Waals surface area contributed by atoms with E-state index in [0.29, 0.717) is 17.2 Å². The van der Waals surface area contributed by atoms with Crippen LogP contribution in [0.2, 0.25) is 0 Å². The maximum Gasteiger partial charge on any atom is 0.270 e. The van der Waals surface area contributed by atoms with Crippen molar-refractivity contribution in [2.45, 2.75) is 39.2 Å². The average molecular weight is 290 g/mol. The molecule has 0 bridgehead atoms. The molecule has 0 radical (unpaired) electrons. The molecule has 3 atom stereocenters. The molecule has 1 aliphatic carbocycles. The molecule has 0 aromatic carbocycles. The normalized spacial score (nSPS) is 26.4. The van der Waals surface area contributed by atoms with Crippen molar-refractivity contribution in [2.75, 3.05) is 0 Å². The second-order valence-corrected chi connectivity index (χ2v) is 5.86. The Balaban J connectivity index is 1.97. The number of nitrogens with two attached hydrogens (primary N) is 1. The summed E-state index contributed by atoms with van der Waals surface area (Å²) in [5.74, 6) is 1.15. The lowest BCUT2D eigenvalue weighted by atomic mass is 9.79. The lowest BCUT2D eigenvalue weighted by molar-refractivity contribution is 0.0905. The van der Waals surface area contributed by atoms with Crippen molar-refractivity contribution in [1.29, 1.82) is 0 Å². The summed E-state index contributed by atoms with van der Waals surface area (Å²) < 4.78 is 0.